The molecule has 16 atom stereocenters. The summed E-state index contributed by atoms with van der Waals surface area (Å²) in [6.45, 7) is 21.7. The molecule has 2 aliphatic rings. The molecule has 4 aromatic rings. The lowest BCUT2D eigenvalue weighted by molar-refractivity contribution is -0.387. The van der Waals surface area contributed by atoms with Crippen LogP contribution in [0.3, 0.4) is 0 Å². The van der Waals surface area contributed by atoms with E-state index in [0.29, 0.717) is 161 Å². The molecule has 38 nitrogen and oxygen atoms in total. The van der Waals surface area contributed by atoms with E-state index < -0.39 is 138 Å². The van der Waals surface area contributed by atoms with E-state index >= 15 is 4.79 Å². The molecule has 7 N–H and O–H groups in total. The van der Waals surface area contributed by atoms with Crippen molar-refractivity contribution >= 4 is 41.2 Å². The zero-order chi connectivity index (χ0) is 92.7. The van der Waals surface area contributed by atoms with Crippen LogP contribution in [0.15, 0.2) is 79.0 Å². The predicted octanol–water partition coefficient (Wildman–Crippen LogP) is 4.60. The summed E-state index contributed by atoms with van der Waals surface area (Å²) in [5, 5.41) is 88.3. The first-order chi connectivity index (χ1) is 61.1. The summed E-state index contributed by atoms with van der Waals surface area (Å²) < 4.78 is 86.9. The number of carbonyl (C=O) groups excluding carboxylic acids is 6. The highest BCUT2D eigenvalue weighted by atomic mass is 16.7. The second-order valence-electron chi connectivity index (χ2n) is 31.8. The van der Waals surface area contributed by atoms with Gasteiger partial charge in [-0.2, -0.15) is 5.26 Å². The number of ketones is 1. The average Bonchev–Trinajstić information content (AvgIpc) is 1.45. The lowest BCUT2D eigenvalue weighted by atomic mass is 9.85. The zero-order valence-corrected chi connectivity index (χ0v) is 75.3. The molecule has 38 heteroatoms. The number of nitro groups is 1. The van der Waals surface area contributed by atoms with E-state index in [4.69, 9.17) is 76.3 Å². The molecule has 2 saturated heterocycles. The maximum Gasteiger partial charge on any atom is 0.410 e. The number of amides is 5. The Labute approximate surface area is 744 Å². The van der Waals surface area contributed by atoms with Crippen molar-refractivity contribution in [3.05, 3.63) is 117 Å². The van der Waals surface area contributed by atoms with E-state index in [0.717, 1.165) is 17.0 Å². The van der Waals surface area contributed by atoms with Gasteiger partial charge in [-0.05, 0) is 78.0 Å². The number of aromatic nitrogens is 3. The molecule has 127 heavy (non-hydrogen) atoms. The lowest BCUT2D eigenvalue weighted by Gasteiger charge is -2.41. The molecule has 1 aromatic heterocycles. The largest absolute Gasteiger partial charge is 0.455 e. The molecular weight excluding hydrogens is 1660 g/mol. The molecule has 0 aliphatic carbocycles. The van der Waals surface area contributed by atoms with E-state index in [2.05, 4.69) is 32.8 Å². The summed E-state index contributed by atoms with van der Waals surface area (Å²) in [5.74, 6) is 0.333. The normalized spacial score (nSPS) is 18.7. The van der Waals surface area contributed by atoms with E-state index in [9.17, 15) is 59.6 Å². The van der Waals surface area contributed by atoms with Gasteiger partial charge in [0.1, 0.15) is 48.4 Å². The first kappa shape index (κ1) is 107. The highest BCUT2D eigenvalue weighted by molar-refractivity contribution is 5.94. The monoisotopic (exact) mass is 1790 g/mol. The molecule has 3 heterocycles. The number of ether oxygens (including phenoxy) is 15. The number of aliphatic hydroxyl groups excluding tert-OH is 5. The third-order valence-corrected chi connectivity index (χ3v) is 22.0. The van der Waals surface area contributed by atoms with Crippen LogP contribution >= 0.6 is 0 Å². The number of Topliss-reactive ketones (excluding diaryl/α,β-unsaturated/α-hetero) is 1. The number of likely N-dealkylation sites (tertiary alicyclic amines) is 1. The van der Waals surface area contributed by atoms with Crippen LogP contribution in [0, 0.1) is 62.9 Å². The fourth-order valence-corrected chi connectivity index (χ4v) is 14.8. The molecule has 0 radical (unpaired) electrons. The van der Waals surface area contributed by atoms with E-state index in [-0.39, 0.29) is 86.3 Å². The Morgan fingerprint density at radius 3 is 1.76 bits per heavy atom. The summed E-state index contributed by atoms with van der Waals surface area (Å²) in [5.41, 5.74) is 1.43. The minimum absolute atomic E-state index is 0.0333. The third-order valence-electron chi connectivity index (χ3n) is 22.0. The number of hydrogen-bond donors (Lipinski definition) is 7. The van der Waals surface area contributed by atoms with Gasteiger partial charge in [0.2, 0.25) is 24.0 Å². The second kappa shape index (κ2) is 58.7. The van der Waals surface area contributed by atoms with E-state index in [1.165, 1.54) is 36.9 Å². The van der Waals surface area contributed by atoms with Gasteiger partial charge in [0.25, 0.3) is 5.91 Å². The first-order valence-corrected chi connectivity index (χ1v) is 43.4. The van der Waals surface area contributed by atoms with Crippen LogP contribution in [0.2, 0.25) is 0 Å². The Hall–Kier alpha value is -8.85. The number of rotatable bonds is 63. The van der Waals surface area contributed by atoms with Gasteiger partial charge in [-0.15, -0.1) is 5.10 Å². The average molecular weight is 1790 g/mol. The Morgan fingerprint density at radius 2 is 1.24 bits per heavy atom. The van der Waals surface area contributed by atoms with E-state index in [1.807, 2.05) is 51.1 Å². The van der Waals surface area contributed by atoms with Gasteiger partial charge in [0, 0.05) is 89.5 Å². The second-order valence-corrected chi connectivity index (χ2v) is 31.8. The molecule has 0 saturated carbocycles. The topological polar surface area (TPSA) is 473 Å². The molecular formula is C89H134N10O28. The molecule has 6 unspecified atom stereocenters. The number of carbonyl (C=O) groups is 6. The van der Waals surface area contributed by atoms with Gasteiger partial charge in [0.05, 0.1) is 193 Å². The number of nitrogens with zero attached hydrogens (tertiary/aromatic N) is 8. The molecule has 0 bridgehead atoms. The van der Waals surface area contributed by atoms with Gasteiger partial charge in [-0.1, -0.05) is 109 Å². The van der Waals surface area contributed by atoms with Crippen molar-refractivity contribution in [1.29, 1.82) is 5.26 Å². The van der Waals surface area contributed by atoms with Crippen molar-refractivity contribution in [3.63, 3.8) is 0 Å². The molecule has 2 fully saturated rings. The van der Waals surface area contributed by atoms with Gasteiger partial charge in [-0.25, -0.2) is 9.48 Å². The van der Waals surface area contributed by atoms with Gasteiger partial charge in [-0.3, -0.25) is 39.0 Å². The molecule has 3 aromatic carbocycles. The van der Waals surface area contributed by atoms with Crippen LogP contribution in [0.1, 0.15) is 132 Å². The van der Waals surface area contributed by atoms with Crippen molar-refractivity contribution in [2.24, 2.45) is 29.6 Å². The summed E-state index contributed by atoms with van der Waals surface area (Å²) in [6, 6.07) is 17.5. The van der Waals surface area contributed by atoms with Crippen LogP contribution in [0.5, 0.6) is 5.75 Å². The molecule has 5 amide bonds. The molecule has 2 aliphatic heterocycles. The number of nitro benzene ring substituents is 1. The molecule has 6 rings (SSSR count). The Kier molecular flexibility index (Phi) is 49.4. The number of methoxy groups -OCH3 is 2. The summed E-state index contributed by atoms with van der Waals surface area (Å²) >= 11 is 0. The quantitative estimate of drug-likeness (QED) is 0.0137. The van der Waals surface area contributed by atoms with Crippen molar-refractivity contribution in [1.82, 2.24) is 40.3 Å². The number of nitriles is 1. The van der Waals surface area contributed by atoms with Crippen molar-refractivity contribution in [2.75, 3.05) is 180 Å². The van der Waals surface area contributed by atoms with Crippen LogP contribution in [0.25, 0.3) is 0 Å². The standard InChI is InChI=1S/C89H134N10O28/c1-13-61(6)79(74(113-11)56-76(102)98-31-18-22-69(98)84(114-12)63(8)71(101)53-62(7)80(103)65-20-15-14-16-21-65)95(9)87(109)77(59(2)3)92-86(108)78(60(4)5)96(10)89(110)127-73(67-27-28-72(70(54-67)99(111)112)125-88-83(106)82(105)81(104)75(58-100)126-88)55-68-57-97(94-93-68)32-34-116-36-38-118-40-42-120-44-46-122-48-50-124-52-51-123-49-47-121-45-43-119-41-39-117-37-35-115-33-30-91-85(107)66-25-23-64(24-26-66)19-17-29-90/h14-16,20-21,23-28,54,57,59-63,69,73-75,77-84,88,100,103-106H,13,18,22,30-53,55-56,58H2,1-12H3,(H,91,107)(H,92,108)/t61-,62-,63-,69-,73?,74+,75?,77-,78-,79-,80+,81?,82?,83?,84+,88?/m0/s1. The Balaban J connectivity index is 0.925. The predicted molar refractivity (Wildman–Crippen MR) is 459 cm³/mol. The highest BCUT2D eigenvalue weighted by Gasteiger charge is 2.47. The summed E-state index contributed by atoms with van der Waals surface area (Å²) in [6.07, 6.45) is -10.4. The van der Waals surface area contributed by atoms with Crippen LogP contribution in [-0.2, 0) is 98.5 Å². The maximum atomic E-state index is 15.1. The number of likely N-dealkylation sites (N-methyl/N-ethyl adjacent to an activating group) is 2. The van der Waals surface area contributed by atoms with Gasteiger partial charge < -0.3 is 117 Å². The lowest BCUT2D eigenvalue weighted by Crippen LogP contribution is -2.60. The van der Waals surface area contributed by atoms with Gasteiger partial charge in [0.15, 0.2) is 11.8 Å². The van der Waals surface area contributed by atoms with Crippen LogP contribution in [0.4, 0.5) is 10.5 Å². The van der Waals surface area contributed by atoms with Gasteiger partial charge >= 0.3 is 11.8 Å². The van der Waals surface area contributed by atoms with Crippen molar-refractivity contribution in [3.8, 4) is 23.7 Å². The zero-order valence-electron chi connectivity index (χ0n) is 75.3. The summed E-state index contributed by atoms with van der Waals surface area (Å²) in [4.78, 5) is 102. The minimum atomic E-state index is -1.92. The smallest absolute Gasteiger partial charge is 0.410 e. The summed E-state index contributed by atoms with van der Waals surface area (Å²) in [7, 11) is 5.94. The van der Waals surface area contributed by atoms with Crippen LogP contribution < -0.4 is 15.4 Å². The Morgan fingerprint density at radius 1 is 0.685 bits per heavy atom. The first-order valence-electron chi connectivity index (χ1n) is 43.4. The number of hydrogen-bond acceptors (Lipinski definition) is 31. The molecule has 708 valence electrons. The number of benzene rings is 3. The van der Waals surface area contributed by atoms with E-state index in [1.54, 1.807) is 83.1 Å². The Bertz CT molecular complexity index is 4000. The van der Waals surface area contributed by atoms with Crippen molar-refractivity contribution < 1.29 is 130 Å². The molecule has 0 spiro atoms. The maximum absolute atomic E-state index is 15.1. The fraction of sp³-hybridized carbons (Fsp3) is 0.674. The fourth-order valence-electron chi connectivity index (χ4n) is 14.8. The van der Waals surface area contributed by atoms with Crippen LogP contribution in [-0.4, -0.2) is 343 Å². The highest BCUT2D eigenvalue weighted by Crippen LogP contribution is 2.37. The third kappa shape index (κ3) is 35.5. The minimum Gasteiger partial charge on any atom is -0.455 e. The van der Waals surface area contributed by atoms with Crippen molar-refractivity contribution in [2.45, 2.75) is 180 Å². The number of aliphatic hydroxyl groups is 5. The SMILES string of the molecule is CC[C@H](C)[C@@H]([C@@H](CC(=O)N1CCC[C@H]1[C@H](OC)[C@@H](C)C(=O)C[C@H](C)[C@@H](O)c1ccccc1)OC)N(C)C(=O)[C@@H](NC(=O)[C@H](C(C)C)N(C)C(=O)OC(Cc1cn(CCOCCOCCOCCOCCOCCOCCOCCOCCOCCOCCNC(=O)c2ccc(C#CC#N)cc2)nn1)c1ccc(OC2OC(CO)C(O)C(O)C2O)c([N+](=O)[O-])c1)C(C)C. The number of nitrogens with one attached hydrogen (secondary N) is 2.